The van der Waals surface area contributed by atoms with E-state index in [-0.39, 0.29) is 6.61 Å². The van der Waals surface area contributed by atoms with Gasteiger partial charge in [0, 0.05) is 6.42 Å². The molecule has 0 amide bonds. The molecule has 2 aromatic rings. The molecule has 1 aromatic carbocycles. The van der Waals surface area contributed by atoms with E-state index in [1.54, 1.807) is 0 Å². The molecule has 0 aliphatic carbocycles. The number of fused-ring (bicyclic) bond motifs is 1. The lowest BCUT2D eigenvalue weighted by Gasteiger charge is -2.10. The average Bonchev–Trinajstić information content (AvgIpc) is 2.70. The number of para-hydroxylation sites is 2. The van der Waals surface area contributed by atoms with Crippen LogP contribution >= 0.6 is 47.8 Å². The fraction of sp³-hybridized carbons (Fsp3) is 0.273. The van der Waals surface area contributed by atoms with Gasteiger partial charge in [-0.15, -0.1) is 0 Å². The van der Waals surface area contributed by atoms with Crippen LogP contribution in [0.25, 0.3) is 11.0 Å². The van der Waals surface area contributed by atoms with Gasteiger partial charge in [-0.05, 0) is 59.9 Å². The quantitative estimate of drug-likeness (QED) is 0.587. The molecule has 0 radical (unpaired) electrons. The molecular formula is C11H9Br3N2O2. The number of ether oxygens (including phenoxy) is 1. The number of imidazole rings is 1. The Morgan fingerprint density at radius 3 is 2.72 bits per heavy atom. The van der Waals surface area contributed by atoms with Crippen LogP contribution in [-0.2, 0) is 16.0 Å². The highest BCUT2D eigenvalue weighted by Gasteiger charge is 2.30. The van der Waals surface area contributed by atoms with Crippen molar-refractivity contribution in [2.24, 2.45) is 0 Å². The number of carbonyl (C=O) groups is 1. The first kappa shape index (κ1) is 14.0. The summed E-state index contributed by atoms with van der Waals surface area (Å²) in [5, 5.41) is 0. The van der Waals surface area contributed by atoms with E-state index in [1.165, 1.54) is 0 Å². The predicted octanol–water partition coefficient (Wildman–Crippen LogP) is 3.49. The van der Waals surface area contributed by atoms with Gasteiger partial charge in [-0.25, -0.2) is 9.78 Å². The summed E-state index contributed by atoms with van der Waals surface area (Å²) >= 11 is 9.28. The van der Waals surface area contributed by atoms with Gasteiger partial charge in [0.2, 0.25) is 2.14 Å². The number of alkyl halides is 3. The van der Waals surface area contributed by atoms with Gasteiger partial charge in [0.05, 0.1) is 17.6 Å². The molecule has 1 N–H and O–H groups in total. The van der Waals surface area contributed by atoms with Crippen LogP contribution in [0.4, 0.5) is 0 Å². The van der Waals surface area contributed by atoms with Crippen LogP contribution in [0.2, 0.25) is 0 Å². The highest BCUT2D eigenvalue weighted by atomic mass is 80.0. The van der Waals surface area contributed by atoms with Crippen molar-refractivity contribution in [1.82, 2.24) is 9.97 Å². The average molecular weight is 441 g/mol. The van der Waals surface area contributed by atoms with Crippen LogP contribution in [0, 0.1) is 0 Å². The van der Waals surface area contributed by atoms with Gasteiger partial charge in [0.15, 0.2) is 0 Å². The van der Waals surface area contributed by atoms with Gasteiger partial charge < -0.3 is 9.72 Å². The monoisotopic (exact) mass is 438 g/mol. The molecule has 0 saturated heterocycles. The fourth-order valence-corrected chi connectivity index (χ4v) is 1.79. The number of nitrogens with one attached hydrogen (secondary N) is 1. The Morgan fingerprint density at radius 1 is 1.33 bits per heavy atom. The van der Waals surface area contributed by atoms with E-state index in [1.807, 2.05) is 24.3 Å². The topological polar surface area (TPSA) is 55.0 Å². The molecule has 7 heteroatoms. The second-order valence-corrected chi connectivity index (χ2v) is 10.3. The zero-order valence-corrected chi connectivity index (χ0v) is 13.9. The van der Waals surface area contributed by atoms with Crippen molar-refractivity contribution in [2.45, 2.75) is 8.56 Å². The van der Waals surface area contributed by atoms with Crippen molar-refractivity contribution >= 4 is 64.8 Å². The number of hydrogen-bond acceptors (Lipinski definition) is 3. The van der Waals surface area contributed by atoms with Gasteiger partial charge in [0.1, 0.15) is 5.82 Å². The molecule has 0 aliphatic heterocycles. The van der Waals surface area contributed by atoms with Crippen molar-refractivity contribution < 1.29 is 9.53 Å². The summed E-state index contributed by atoms with van der Waals surface area (Å²) in [4.78, 5) is 19.0. The SMILES string of the molecule is O=C(OCCc1nc2ccccc2[nH]1)C(Br)(Br)Br. The summed E-state index contributed by atoms with van der Waals surface area (Å²) in [5.41, 5.74) is 1.89. The highest BCUT2D eigenvalue weighted by molar-refractivity contribution is 9.40. The van der Waals surface area contributed by atoms with E-state index in [0.717, 1.165) is 16.9 Å². The molecule has 96 valence electrons. The first-order chi connectivity index (χ1) is 8.47. The van der Waals surface area contributed by atoms with Crippen LogP contribution in [0.1, 0.15) is 5.82 Å². The smallest absolute Gasteiger partial charge is 0.344 e. The molecule has 0 unspecified atom stereocenters. The maximum Gasteiger partial charge on any atom is 0.344 e. The maximum atomic E-state index is 11.4. The molecule has 1 heterocycles. The number of aromatic amines is 1. The summed E-state index contributed by atoms with van der Waals surface area (Å²) < 4.78 is 4.05. The summed E-state index contributed by atoms with van der Waals surface area (Å²) in [6, 6.07) is 7.77. The third-order valence-electron chi connectivity index (χ3n) is 2.24. The number of hydrogen-bond donors (Lipinski definition) is 1. The molecule has 0 spiro atoms. The minimum atomic E-state index is -1.01. The number of rotatable bonds is 3. The molecular weight excluding hydrogens is 432 g/mol. The zero-order chi connectivity index (χ0) is 13.2. The molecule has 18 heavy (non-hydrogen) atoms. The Kier molecular flexibility index (Phi) is 4.45. The first-order valence-electron chi connectivity index (χ1n) is 5.14. The Bertz CT molecular complexity index is 530. The third kappa shape index (κ3) is 3.55. The molecule has 0 aliphatic rings. The van der Waals surface area contributed by atoms with E-state index in [9.17, 15) is 4.79 Å². The number of aromatic nitrogens is 2. The summed E-state index contributed by atoms with van der Waals surface area (Å²) in [6.07, 6.45) is 0.545. The lowest BCUT2D eigenvalue weighted by atomic mass is 10.3. The van der Waals surface area contributed by atoms with E-state index in [0.29, 0.717) is 6.42 Å². The number of H-pyrrole nitrogens is 1. The van der Waals surface area contributed by atoms with Gasteiger partial charge in [0.25, 0.3) is 0 Å². The highest BCUT2D eigenvalue weighted by Crippen LogP contribution is 2.34. The number of esters is 1. The standard InChI is InChI=1S/C11H9Br3N2O2/c12-11(13,14)10(17)18-6-5-9-15-7-3-1-2-4-8(7)16-9/h1-4H,5-6H2,(H,15,16). The van der Waals surface area contributed by atoms with E-state index >= 15 is 0 Å². The van der Waals surface area contributed by atoms with Crippen molar-refractivity contribution in [3.63, 3.8) is 0 Å². The summed E-state index contributed by atoms with van der Waals surface area (Å²) in [6.45, 7) is 0.267. The summed E-state index contributed by atoms with van der Waals surface area (Å²) in [7, 11) is 0. The largest absolute Gasteiger partial charge is 0.463 e. The van der Waals surface area contributed by atoms with E-state index < -0.39 is 8.11 Å². The van der Waals surface area contributed by atoms with E-state index in [4.69, 9.17) is 4.74 Å². The Morgan fingerprint density at radius 2 is 2.06 bits per heavy atom. The van der Waals surface area contributed by atoms with Gasteiger partial charge in [-0.3, -0.25) is 0 Å². The molecule has 0 bridgehead atoms. The predicted molar refractivity (Wildman–Crippen MR) is 80.3 cm³/mol. The molecule has 0 saturated carbocycles. The minimum Gasteiger partial charge on any atom is -0.463 e. The molecule has 2 rings (SSSR count). The third-order valence-corrected chi connectivity index (χ3v) is 3.21. The Hall–Kier alpha value is -0.400. The zero-order valence-electron chi connectivity index (χ0n) is 9.12. The normalized spacial score (nSPS) is 11.7. The maximum absolute atomic E-state index is 11.4. The van der Waals surface area contributed by atoms with Crippen molar-refractivity contribution in [3.05, 3.63) is 30.1 Å². The number of carbonyl (C=O) groups excluding carboxylic acids is 1. The van der Waals surface area contributed by atoms with Crippen molar-refractivity contribution in [3.8, 4) is 0 Å². The molecule has 0 atom stereocenters. The number of nitrogens with zero attached hydrogens (tertiary/aromatic N) is 1. The molecule has 1 aromatic heterocycles. The lowest BCUT2D eigenvalue weighted by molar-refractivity contribution is -0.141. The van der Waals surface area contributed by atoms with Gasteiger partial charge >= 0.3 is 5.97 Å². The second-order valence-electron chi connectivity index (χ2n) is 3.58. The van der Waals surface area contributed by atoms with Crippen molar-refractivity contribution in [2.75, 3.05) is 6.61 Å². The Labute approximate surface area is 129 Å². The lowest BCUT2D eigenvalue weighted by Crippen LogP contribution is -2.21. The van der Waals surface area contributed by atoms with Crippen LogP contribution in [-0.4, -0.2) is 24.7 Å². The van der Waals surface area contributed by atoms with E-state index in [2.05, 4.69) is 57.8 Å². The minimum absolute atomic E-state index is 0.267. The van der Waals surface area contributed by atoms with Crippen LogP contribution in [0.3, 0.4) is 0 Å². The molecule has 4 nitrogen and oxygen atoms in total. The number of benzene rings is 1. The molecule has 0 fully saturated rings. The van der Waals surface area contributed by atoms with Crippen LogP contribution in [0.5, 0.6) is 0 Å². The second kappa shape index (κ2) is 5.71. The van der Waals surface area contributed by atoms with Crippen molar-refractivity contribution in [1.29, 1.82) is 0 Å². The first-order valence-corrected chi connectivity index (χ1v) is 7.52. The number of halogens is 3. The van der Waals surface area contributed by atoms with Crippen LogP contribution < -0.4 is 0 Å². The van der Waals surface area contributed by atoms with Gasteiger partial charge in [-0.2, -0.15) is 0 Å². The fourth-order valence-electron chi connectivity index (χ4n) is 1.45. The Balaban J connectivity index is 1.93. The van der Waals surface area contributed by atoms with Gasteiger partial charge in [-0.1, -0.05) is 12.1 Å². The van der Waals surface area contributed by atoms with Crippen LogP contribution in [0.15, 0.2) is 24.3 Å². The summed E-state index contributed by atoms with van der Waals surface area (Å²) in [5.74, 6) is 0.368.